The molecule has 1 heterocycles. The number of aromatic amines is 1. The number of methoxy groups -OCH3 is 2. The largest absolute Gasteiger partial charge is 0.497 e. The van der Waals surface area contributed by atoms with Crippen LogP contribution in [0.2, 0.25) is 0 Å². The van der Waals surface area contributed by atoms with Gasteiger partial charge >= 0.3 is 0 Å². The van der Waals surface area contributed by atoms with Crippen molar-refractivity contribution in [1.82, 2.24) is 15.5 Å². The monoisotopic (exact) mass is 405 g/mol. The van der Waals surface area contributed by atoms with Gasteiger partial charge in [0.15, 0.2) is 11.6 Å². The normalized spacial score (nSPS) is 12.1. The summed E-state index contributed by atoms with van der Waals surface area (Å²) in [6.45, 7) is 2.72. The molecule has 0 amide bonds. The van der Waals surface area contributed by atoms with Crippen LogP contribution in [0.4, 0.5) is 4.39 Å². The van der Waals surface area contributed by atoms with E-state index in [1.807, 2.05) is 18.2 Å². The highest BCUT2D eigenvalue weighted by Crippen LogP contribution is 2.28. The lowest BCUT2D eigenvalue weighted by Crippen LogP contribution is -2.18. The molecule has 0 aliphatic rings. The Bertz CT molecular complexity index is 1170. The van der Waals surface area contributed by atoms with Crippen LogP contribution in [0.15, 0.2) is 60.8 Å². The van der Waals surface area contributed by atoms with Gasteiger partial charge in [-0.2, -0.15) is 5.10 Å². The van der Waals surface area contributed by atoms with Gasteiger partial charge in [-0.25, -0.2) is 4.39 Å². The molecule has 1 aromatic heterocycles. The van der Waals surface area contributed by atoms with Crippen molar-refractivity contribution in [3.63, 3.8) is 0 Å². The molecule has 0 unspecified atom stereocenters. The average Bonchev–Trinajstić information content (AvgIpc) is 3.25. The minimum atomic E-state index is -0.398. The highest BCUT2D eigenvalue weighted by atomic mass is 19.1. The standard InChI is InChI=1S/C24H24FN3O2/c1-15(16-4-5-18-11-21(29-2)8-6-17(18)10-16)26-13-20-14-27-28-24(20)19-7-9-23(30-3)22(25)12-19/h4-12,14-15,26H,13H2,1-3H3,(H,27,28)/t15-/m1/s1. The van der Waals surface area contributed by atoms with Gasteiger partial charge in [0.2, 0.25) is 0 Å². The first kappa shape index (κ1) is 19.9. The maximum atomic E-state index is 14.1. The summed E-state index contributed by atoms with van der Waals surface area (Å²) in [6.07, 6.45) is 1.77. The molecule has 1 atom stereocenters. The van der Waals surface area contributed by atoms with Crippen molar-refractivity contribution >= 4 is 10.8 Å². The zero-order chi connectivity index (χ0) is 21.1. The zero-order valence-corrected chi connectivity index (χ0v) is 17.2. The zero-order valence-electron chi connectivity index (χ0n) is 17.2. The maximum Gasteiger partial charge on any atom is 0.165 e. The Morgan fingerprint density at radius 1 is 1.00 bits per heavy atom. The van der Waals surface area contributed by atoms with E-state index in [4.69, 9.17) is 9.47 Å². The van der Waals surface area contributed by atoms with E-state index in [9.17, 15) is 4.39 Å². The molecule has 0 spiro atoms. The first-order valence-electron chi connectivity index (χ1n) is 9.76. The molecule has 0 aliphatic carbocycles. The lowest BCUT2D eigenvalue weighted by atomic mass is 10.0. The average molecular weight is 405 g/mol. The summed E-state index contributed by atoms with van der Waals surface area (Å²) in [5, 5.41) is 13.0. The van der Waals surface area contributed by atoms with Crippen LogP contribution in [0.5, 0.6) is 11.5 Å². The summed E-state index contributed by atoms with van der Waals surface area (Å²) in [5.74, 6) is 0.675. The molecule has 0 saturated carbocycles. The first-order valence-corrected chi connectivity index (χ1v) is 9.76. The van der Waals surface area contributed by atoms with Gasteiger partial charge in [0.1, 0.15) is 5.75 Å². The molecule has 0 saturated heterocycles. The molecule has 4 rings (SSSR count). The number of ether oxygens (including phenoxy) is 2. The first-order chi connectivity index (χ1) is 14.6. The van der Waals surface area contributed by atoms with Crippen molar-refractivity contribution in [2.45, 2.75) is 19.5 Å². The van der Waals surface area contributed by atoms with E-state index in [-0.39, 0.29) is 11.8 Å². The van der Waals surface area contributed by atoms with Gasteiger partial charge in [-0.05, 0) is 59.7 Å². The summed E-state index contributed by atoms with van der Waals surface area (Å²) < 4.78 is 24.4. The van der Waals surface area contributed by atoms with Crippen LogP contribution in [0, 0.1) is 5.82 Å². The SMILES string of the molecule is COc1ccc2cc([C@@H](C)NCc3cn[nH]c3-c3ccc(OC)c(F)c3)ccc2c1. The van der Waals surface area contributed by atoms with Crippen molar-refractivity contribution in [2.75, 3.05) is 14.2 Å². The number of benzene rings is 3. The Kier molecular flexibility index (Phi) is 5.68. The fourth-order valence-corrected chi connectivity index (χ4v) is 3.54. The van der Waals surface area contributed by atoms with Crippen LogP contribution < -0.4 is 14.8 Å². The summed E-state index contributed by atoms with van der Waals surface area (Å²) in [4.78, 5) is 0. The molecular weight excluding hydrogens is 381 g/mol. The number of nitrogens with zero attached hydrogens (tertiary/aromatic N) is 1. The van der Waals surface area contributed by atoms with Gasteiger partial charge in [0.25, 0.3) is 0 Å². The van der Waals surface area contributed by atoms with E-state index in [1.165, 1.54) is 24.1 Å². The topological polar surface area (TPSA) is 59.2 Å². The summed E-state index contributed by atoms with van der Waals surface area (Å²) in [5.41, 5.74) is 3.68. The van der Waals surface area contributed by atoms with Gasteiger partial charge in [-0.15, -0.1) is 0 Å². The van der Waals surface area contributed by atoms with Gasteiger partial charge in [0, 0.05) is 23.7 Å². The number of hydrogen-bond donors (Lipinski definition) is 2. The lowest BCUT2D eigenvalue weighted by molar-refractivity contribution is 0.386. The molecule has 6 heteroatoms. The highest BCUT2D eigenvalue weighted by Gasteiger charge is 2.13. The molecule has 0 aliphatic heterocycles. The van der Waals surface area contributed by atoms with Crippen molar-refractivity contribution < 1.29 is 13.9 Å². The Morgan fingerprint density at radius 3 is 2.57 bits per heavy atom. The smallest absolute Gasteiger partial charge is 0.165 e. The fraction of sp³-hybridized carbons (Fsp3) is 0.208. The van der Waals surface area contributed by atoms with Gasteiger partial charge in [-0.1, -0.05) is 18.2 Å². The minimum absolute atomic E-state index is 0.131. The second kappa shape index (κ2) is 8.55. The minimum Gasteiger partial charge on any atom is -0.497 e. The van der Waals surface area contributed by atoms with E-state index in [0.717, 1.165) is 28.0 Å². The lowest BCUT2D eigenvalue weighted by Gasteiger charge is -2.15. The van der Waals surface area contributed by atoms with Crippen LogP contribution in [0.25, 0.3) is 22.0 Å². The number of fused-ring (bicyclic) bond motifs is 1. The molecule has 5 nitrogen and oxygen atoms in total. The third kappa shape index (κ3) is 4.00. The van der Waals surface area contributed by atoms with Crippen molar-refractivity contribution in [2.24, 2.45) is 0 Å². The van der Waals surface area contributed by atoms with E-state index in [1.54, 1.807) is 19.4 Å². The number of H-pyrrole nitrogens is 1. The predicted molar refractivity (Wildman–Crippen MR) is 116 cm³/mol. The fourth-order valence-electron chi connectivity index (χ4n) is 3.54. The molecule has 4 aromatic rings. The Hall–Kier alpha value is -3.38. The number of nitrogens with one attached hydrogen (secondary N) is 2. The van der Waals surface area contributed by atoms with E-state index >= 15 is 0 Å². The van der Waals surface area contributed by atoms with Crippen molar-refractivity contribution in [3.05, 3.63) is 77.7 Å². The van der Waals surface area contributed by atoms with E-state index in [2.05, 4.69) is 46.7 Å². The van der Waals surface area contributed by atoms with E-state index < -0.39 is 5.82 Å². The predicted octanol–water partition coefficient (Wildman–Crippen LogP) is 5.24. The third-order valence-electron chi connectivity index (χ3n) is 5.33. The molecule has 154 valence electrons. The number of aromatic nitrogens is 2. The van der Waals surface area contributed by atoms with Crippen LogP contribution in [-0.2, 0) is 6.54 Å². The number of halogens is 1. The third-order valence-corrected chi connectivity index (χ3v) is 5.33. The molecule has 0 bridgehead atoms. The molecule has 0 fully saturated rings. The summed E-state index contributed by atoms with van der Waals surface area (Å²) in [6, 6.07) is 17.5. The van der Waals surface area contributed by atoms with Gasteiger partial charge in [-0.3, -0.25) is 5.10 Å². The van der Waals surface area contributed by atoms with Crippen molar-refractivity contribution in [3.8, 4) is 22.8 Å². The second-order valence-corrected chi connectivity index (χ2v) is 7.19. The molecule has 30 heavy (non-hydrogen) atoms. The Labute approximate surface area is 174 Å². The molecular formula is C24H24FN3O2. The van der Waals surface area contributed by atoms with Crippen LogP contribution >= 0.6 is 0 Å². The van der Waals surface area contributed by atoms with E-state index in [0.29, 0.717) is 6.54 Å². The molecule has 0 radical (unpaired) electrons. The van der Waals surface area contributed by atoms with Crippen LogP contribution in [0.3, 0.4) is 0 Å². The van der Waals surface area contributed by atoms with Crippen LogP contribution in [0.1, 0.15) is 24.1 Å². The number of rotatable bonds is 7. The summed E-state index contributed by atoms with van der Waals surface area (Å²) in [7, 11) is 3.13. The molecule has 3 aromatic carbocycles. The van der Waals surface area contributed by atoms with Gasteiger partial charge < -0.3 is 14.8 Å². The van der Waals surface area contributed by atoms with Crippen LogP contribution in [-0.4, -0.2) is 24.4 Å². The Balaban J connectivity index is 1.49. The van der Waals surface area contributed by atoms with Gasteiger partial charge in [0.05, 0.1) is 26.1 Å². The van der Waals surface area contributed by atoms with Crippen molar-refractivity contribution in [1.29, 1.82) is 0 Å². The molecule has 2 N–H and O–H groups in total. The Morgan fingerprint density at radius 2 is 1.80 bits per heavy atom. The summed E-state index contributed by atoms with van der Waals surface area (Å²) >= 11 is 0. The number of hydrogen-bond acceptors (Lipinski definition) is 4. The highest BCUT2D eigenvalue weighted by molar-refractivity contribution is 5.84. The second-order valence-electron chi connectivity index (χ2n) is 7.19. The quantitative estimate of drug-likeness (QED) is 0.442. The maximum absolute atomic E-state index is 14.1.